The maximum Gasteiger partial charge on any atom is 0.131 e. The topological polar surface area (TPSA) is 12.0 Å². The predicted octanol–water partition coefficient (Wildman–Crippen LogP) is 4.79. The molecule has 0 radical (unpaired) electrons. The molecule has 0 saturated heterocycles. The van der Waals surface area contributed by atoms with Crippen molar-refractivity contribution < 1.29 is 4.39 Å². The fraction of sp³-hybridized carbons (Fsp3) is 0.368. The second-order valence-corrected chi connectivity index (χ2v) is 5.46. The molecule has 1 nitrogen and oxygen atoms in total. The average Bonchev–Trinajstić information content (AvgIpc) is 2.52. The summed E-state index contributed by atoms with van der Waals surface area (Å²) in [5.74, 6) is -0.104. The highest BCUT2D eigenvalue weighted by atomic mass is 19.1. The van der Waals surface area contributed by atoms with E-state index in [1.165, 1.54) is 5.56 Å². The lowest BCUT2D eigenvalue weighted by Gasteiger charge is -2.21. The van der Waals surface area contributed by atoms with Gasteiger partial charge in [0.2, 0.25) is 0 Å². The number of nitrogens with one attached hydrogen (secondary N) is 1. The molecule has 2 aromatic rings. The predicted molar refractivity (Wildman–Crippen MR) is 87.1 cm³/mol. The first kappa shape index (κ1) is 15.7. The van der Waals surface area contributed by atoms with E-state index in [-0.39, 0.29) is 11.9 Å². The molecular weight excluding hydrogens is 261 g/mol. The Morgan fingerprint density at radius 3 is 2.57 bits per heavy atom. The van der Waals surface area contributed by atoms with Crippen LogP contribution in [0.3, 0.4) is 0 Å². The minimum atomic E-state index is -0.104. The van der Waals surface area contributed by atoms with E-state index in [0.29, 0.717) is 5.56 Å². The normalized spacial score (nSPS) is 12.4. The fourth-order valence-corrected chi connectivity index (χ4v) is 2.58. The van der Waals surface area contributed by atoms with Crippen LogP contribution in [-0.4, -0.2) is 6.54 Å². The van der Waals surface area contributed by atoms with Gasteiger partial charge in [0.15, 0.2) is 0 Å². The van der Waals surface area contributed by atoms with Crippen molar-refractivity contribution in [2.24, 2.45) is 0 Å². The number of benzene rings is 2. The highest BCUT2D eigenvalue weighted by molar-refractivity contribution is 5.37. The first-order chi connectivity index (χ1) is 10.2. The molecule has 0 spiro atoms. The van der Waals surface area contributed by atoms with Gasteiger partial charge in [0, 0.05) is 5.56 Å². The van der Waals surface area contributed by atoms with Gasteiger partial charge >= 0.3 is 0 Å². The summed E-state index contributed by atoms with van der Waals surface area (Å²) >= 11 is 0. The van der Waals surface area contributed by atoms with E-state index in [9.17, 15) is 4.39 Å². The van der Waals surface area contributed by atoms with E-state index in [2.05, 4.69) is 43.4 Å². The molecule has 0 aromatic heterocycles. The maximum absolute atomic E-state index is 14.5. The number of aryl methyl sites for hydroxylation is 2. The SMILES string of the molecule is CCCNC(c1cccc(CC)c1)c1cccc(C)c1F. The Bertz CT molecular complexity index is 592. The zero-order valence-electron chi connectivity index (χ0n) is 13.1. The fourth-order valence-electron chi connectivity index (χ4n) is 2.58. The van der Waals surface area contributed by atoms with Crippen molar-refractivity contribution in [1.82, 2.24) is 5.32 Å². The van der Waals surface area contributed by atoms with Crippen LogP contribution in [-0.2, 0) is 6.42 Å². The van der Waals surface area contributed by atoms with Crippen LogP contribution in [0.1, 0.15) is 48.6 Å². The second-order valence-electron chi connectivity index (χ2n) is 5.46. The summed E-state index contributed by atoms with van der Waals surface area (Å²) in [6.07, 6.45) is 2.02. The van der Waals surface area contributed by atoms with E-state index in [0.717, 1.165) is 30.5 Å². The summed E-state index contributed by atoms with van der Waals surface area (Å²) in [6.45, 7) is 6.95. The largest absolute Gasteiger partial charge is 0.306 e. The third-order valence-electron chi connectivity index (χ3n) is 3.82. The average molecular weight is 285 g/mol. The van der Waals surface area contributed by atoms with Crippen LogP contribution in [0.5, 0.6) is 0 Å². The molecule has 1 unspecified atom stereocenters. The third-order valence-corrected chi connectivity index (χ3v) is 3.82. The first-order valence-corrected chi connectivity index (χ1v) is 7.74. The minimum absolute atomic E-state index is 0.0867. The van der Waals surface area contributed by atoms with E-state index in [1.54, 1.807) is 0 Å². The van der Waals surface area contributed by atoms with E-state index in [4.69, 9.17) is 0 Å². The van der Waals surface area contributed by atoms with Crippen molar-refractivity contribution in [3.05, 3.63) is 70.5 Å². The van der Waals surface area contributed by atoms with Crippen LogP contribution in [0.4, 0.5) is 4.39 Å². The standard InChI is InChI=1S/C19H24FN/c1-4-12-21-19(16-10-7-9-15(5-2)13-16)17-11-6-8-14(3)18(17)20/h6-11,13,19,21H,4-5,12H2,1-3H3. The van der Waals surface area contributed by atoms with Gasteiger partial charge in [-0.05, 0) is 43.0 Å². The van der Waals surface area contributed by atoms with Crippen molar-refractivity contribution in [1.29, 1.82) is 0 Å². The van der Waals surface area contributed by atoms with Gasteiger partial charge in [0.1, 0.15) is 5.82 Å². The maximum atomic E-state index is 14.5. The number of halogens is 1. The molecular formula is C19H24FN. The van der Waals surface area contributed by atoms with Gasteiger partial charge in [-0.2, -0.15) is 0 Å². The molecule has 0 heterocycles. The lowest BCUT2D eigenvalue weighted by molar-refractivity contribution is 0.542. The second kappa shape index (κ2) is 7.37. The molecule has 0 amide bonds. The monoisotopic (exact) mass is 285 g/mol. The smallest absolute Gasteiger partial charge is 0.131 e. The van der Waals surface area contributed by atoms with Crippen LogP contribution in [0, 0.1) is 12.7 Å². The van der Waals surface area contributed by atoms with Gasteiger partial charge in [-0.3, -0.25) is 0 Å². The molecule has 2 rings (SSSR count). The van der Waals surface area contributed by atoms with Crippen molar-refractivity contribution in [2.45, 2.75) is 39.7 Å². The van der Waals surface area contributed by atoms with Crippen LogP contribution in [0.25, 0.3) is 0 Å². The molecule has 2 aromatic carbocycles. The molecule has 0 aliphatic rings. The summed E-state index contributed by atoms with van der Waals surface area (Å²) in [5.41, 5.74) is 3.84. The van der Waals surface area contributed by atoms with Crippen molar-refractivity contribution >= 4 is 0 Å². The Morgan fingerprint density at radius 2 is 1.86 bits per heavy atom. The molecule has 0 aliphatic heterocycles. The van der Waals surface area contributed by atoms with E-state index < -0.39 is 0 Å². The Hall–Kier alpha value is -1.67. The number of hydrogen-bond donors (Lipinski definition) is 1. The first-order valence-electron chi connectivity index (χ1n) is 7.74. The lowest BCUT2D eigenvalue weighted by Crippen LogP contribution is -2.24. The molecule has 0 fully saturated rings. The van der Waals surface area contributed by atoms with Crippen LogP contribution < -0.4 is 5.32 Å². The number of rotatable bonds is 6. The zero-order valence-corrected chi connectivity index (χ0v) is 13.1. The lowest BCUT2D eigenvalue weighted by atomic mass is 9.95. The molecule has 21 heavy (non-hydrogen) atoms. The summed E-state index contributed by atoms with van der Waals surface area (Å²) in [5, 5.41) is 3.48. The number of hydrogen-bond acceptors (Lipinski definition) is 1. The molecule has 0 saturated carbocycles. The van der Waals surface area contributed by atoms with Crippen LogP contribution in [0.2, 0.25) is 0 Å². The van der Waals surface area contributed by atoms with Gasteiger partial charge in [-0.1, -0.05) is 56.3 Å². The summed E-state index contributed by atoms with van der Waals surface area (Å²) in [4.78, 5) is 0. The molecule has 0 bridgehead atoms. The van der Waals surface area contributed by atoms with Gasteiger partial charge in [-0.15, -0.1) is 0 Å². The summed E-state index contributed by atoms with van der Waals surface area (Å²) in [6, 6.07) is 14.0. The molecule has 112 valence electrons. The summed E-state index contributed by atoms with van der Waals surface area (Å²) < 4.78 is 14.5. The highest BCUT2D eigenvalue weighted by Gasteiger charge is 2.18. The quantitative estimate of drug-likeness (QED) is 0.805. The molecule has 1 N–H and O–H groups in total. The zero-order chi connectivity index (χ0) is 15.2. The van der Waals surface area contributed by atoms with Gasteiger partial charge in [-0.25, -0.2) is 4.39 Å². The Kier molecular flexibility index (Phi) is 5.51. The van der Waals surface area contributed by atoms with Crippen LogP contribution >= 0.6 is 0 Å². The Morgan fingerprint density at radius 1 is 1.10 bits per heavy atom. The van der Waals surface area contributed by atoms with Gasteiger partial charge in [0.25, 0.3) is 0 Å². The molecule has 1 atom stereocenters. The van der Waals surface area contributed by atoms with Crippen molar-refractivity contribution in [3.8, 4) is 0 Å². The van der Waals surface area contributed by atoms with E-state index in [1.807, 2.05) is 25.1 Å². The van der Waals surface area contributed by atoms with E-state index >= 15 is 0 Å². The highest BCUT2D eigenvalue weighted by Crippen LogP contribution is 2.26. The molecule has 2 heteroatoms. The van der Waals surface area contributed by atoms with Gasteiger partial charge < -0.3 is 5.32 Å². The van der Waals surface area contributed by atoms with Crippen molar-refractivity contribution in [3.63, 3.8) is 0 Å². The van der Waals surface area contributed by atoms with Gasteiger partial charge in [0.05, 0.1) is 6.04 Å². The van der Waals surface area contributed by atoms with Crippen molar-refractivity contribution in [2.75, 3.05) is 6.54 Å². The summed E-state index contributed by atoms with van der Waals surface area (Å²) in [7, 11) is 0. The third kappa shape index (κ3) is 3.70. The Labute approximate surface area is 127 Å². The Balaban J connectivity index is 2.44. The molecule has 0 aliphatic carbocycles. The van der Waals surface area contributed by atoms with Crippen LogP contribution in [0.15, 0.2) is 42.5 Å². The minimum Gasteiger partial charge on any atom is -0.306 e.